The van der Waals surface area contributed by atoms with Crippen molar-refractivity contribution in [2.45, 2.75) is 39.5 Å². The molecule has 1 aromatic rings. The Kier molecular flexibility index (Phi) is 8.30. The lowest BCUT2D eigenvalue weighted by molar-refractivity contribution is -0.138. The zero-order chi connectivity index (χ0) is 16.4. The molecular weight excluding hydrogens is 304 g/mol. The predicted molar refractivity (Wildman–Crippen MR) is 86.1 cm³/mol. The highest BCUT2D eigenvalue weighted by atomic mass is 35.5. The van der Waals surface area contributed by atoms with E-state index in [0.717, 1.165) is 43.4 Å². The van der Waals surface area contributed by atoms with Gasteiger partial charge in [-0.3, -0.25) is 0 Å². The molecule has 5 heteroatoms. The Morgan fingerprint density at radius 1 is 1.14 bits per heavy atom. The molecule has 0 aliphatic heterocycles. The molecule has 0 aliphatic carbocycles. The van der Waals surface area contributed by atoms with Gasteiger partial charge in [0, 0.05) is 12.2 Å². The molecule has 22 heavy (non-hydrogen) atoms. The molecule has 0 radical (unpaired) electrons. The second kappa shape index (κ2) is 10.0. The Morgan fingerprint density at radius 3 is 2.59 bits per heavy atom. The number of hydrogen-bond acceptors (Lipinski definition) is 4. The second-order valence-corrected chi connectivity index (χ2v) is 5.32. The fraction of sp³-hybridized carbons (Fsp3) is 0.412. The molecule has 0 saturated heterocycles. The van der Waals surface area contributed by atoms with Crippen molar-refractivity contribution in [3.05, 3.63) is 40.9 Å². The molecule has 1 rings (SSSR count). The first kappa shape index (κ1) is 18.2. The lowest BCUT2D eigenvalue weighted by Crippen LogP contribution is -2.07. The summed E-state index contributed by atoms with van der Waals surface area (Å²) in [6.45, 7) is 4.34. The van der Waals surface area contributed by atoms with Gasteiger partial charge in [-0.2, -0.15) is 0 Å². The smallest absolute Gasteiger partial charge is 0.336 e. The zero-order valence-electron chi connectivity index (χ0n) is 12.9. The summed E-state index contributed by atoms with van der Waals surface area (Å²) in [7, 11) is 0. The van der Waals surface area contributed by atoms with E-state index in [-0.39, 0.29) is 5.75 Å². The molecule has 0 aliphatic rings. The van der Waals surface area contributed by atoms with Gasteiger partial charge in [0.15, 0.2) is 0 Å². The van der Waals surface area contributed by atoms with Crippen molar-refractivity contribution in [2.75, 3.05) is 6.61 Å². The quantitative estimate of drug-likeness (QED) is 0.311. The maximum atomic E-state index is 11.6. The lowest BCUT2D eigenvalue weighted by atomic mass is 10.2. The van der Waals surface area contributed by atoms with Crippen LogP contribution < -0.4 is 4.74 Å². The Hall–Kier alpha value is -1.81. The molecular formula is C17H21ClO4. The largest absolute Gasteiger partial charge is 0.463 e. The normalized spacial score (nSPS) is 10.7. The first-order valence-corrected chi connectivity index (χ1v) is 7.73. The summed E-state index contributed by atoms with van der Waals surface area (Å²) < 4.78 is 10.0. The third-order valence-electron chi connectivity index (χ3n) is 2.89. The number of halogens is 1. The van der Waals surface area contributed by atoms with Crippen molar-refractivity contribution in [3.63, 3.8) is 0 Å². The molecule has 0 unspecified atom stereocenters. The maximum Gasteiger partial charge on any atom is 0.336 e. The summed E-state index contributed by atoms with van der Waals surface area (Å²) in [5, 5.41) is 0.339. The van der Waals surface area contributed by atoms with E-state index in [9.17, 15) is 9.59 Å². The highest BCUT2D eigenvalue weighted by molar-refractivity contribution is 6.32. The van der Waals surface area contributed by atoms with Crippen LogP contribution >= 0.6 is 11.6 Å². The Bertz CT molecular complexity index is 537. The van der Waals surface area contributed by atoms with Crippen molar-refractivity contribution in [1.82, 2.24) is 0 Å². The number of rotatable bonds is 8. The van der Waals surface area contributed by atoms with E-state index < -0.39 is 11.9 Å². The number of aryl methyl sites for hydroxylation is 1. The molecule has 120 valence electrons. The van der Waals surface area contributed by atoms with Crippen LogP contribution in [0.3, 0.4) is 0 Å². The average Bonchev–Trinajstić information content (AvgIpc) is 2.49. The summed E-state index contributed by atoms with van der Waals surface area (Å²) in [6, 6.07) is 5.11. The highest BCUT2D eigenvalue weighted by Crippen LogP contribution is 2.25. The third kappa shape index (κ3) is 7.27. The summed E-state index contributed by atoms with van der Waals surface area (Å²) in [4.78, 5) is 23.0. The van der Waals surface area contributed by atoms with E-state index >= 15 is 0 Å². The van der Waals surface area contributed by atoms with E-state index in [4.69, 9.17) is 21.1 Å². The van der Waals surface area contributed by atoms with Crippen molar-refractivity contribution in [3.8, 4) is 5.75 Å². The summed E-state index contributed by atoms with van der Waals surface area (Å²) in [6.07, 6.45) is 6.20. The molecule has 0 atom stereocenters. The predicted octanol–water partition coefficient (Wildman–Crippen LogP) is 4.23. The van der Waals surface area contributed by atoms with Crippen molar-refractivity contribution < 1.29 is 19.1 Å². The minimum Gasteiger partial charge on any atom is -0.463 e. The fourth-order valence-corrected chi connectivity index (χ4v) is 1.87. The number of carbonyl (C=O) groups excluding carboxylic acids is 2. The van der Waals surface area contributed by atoms with Gasteiger partial charge in [-0.25, -0.2) is 9.59 Å². The number of esters is 2. The number of carbonyl (C=O) groups is 2. The first-order valence-electron chi connectivity index (χ1n) is 7.35. The summed E-state index contributed by atoms with van der Waals surface area (Å²) in [5.41, 5.74) is 0.919. The van der Waals surface area contributed by atoms with Crippen LogP contribution in [0.25, 0.3) is 0 Å². The maximum absolute atomic E-state index is 11.6. The van der Waals surface area contributed by atoms with Crippen LogP contribution in [0.5, 0.6) is 5.75 Å². The third-order valence-corrected chi connectivity index (χ3v) is 3.21. The van der Waals surface area contributed by atoms with Crippen LogP contribution in [-0.4, -0.2) is 18.5 Å². The van der Waals surface area contributed by atoms with Crippen LogP contribution in [0.2, 0.25) is 5.02 Å². The van der Waals surface area contributed by atoms with Crippen molar-refractivity contribution in [1.29, 1.82) is 0 Å². The van der Waals surface area contributed by atoms with Gasteiger partial charge in [-0.1, -0.05) is 43.9 Å². The molecule has 0 N–H and O–H groups in total. The zero-order valence-corrected chi connectivity index (χ0v) is 13.7. The van der Waals surface area contributed by atoms with E-state index in [1.807, 2.05) is 13.0 Å². The number of ether oxygens (including phenoxy) is 2. The monoisotopic (exact) mass is 324 g/mol. The van der Waals surface area contributed by atoms with Crippen LogP contribution in [0.1, 0.15) is 38.2 Å². The first-order chi connectivity index (χ1) is 10.5. The number of hydrogen-bond donors (Lipinski definition) is 0. The molecule has 0 spiro atoms. The van der Waals surface area contributed by atoms with Gasteiger partial charge in [0.1, 0.15) is 5.75 Å². The van der Waals surface area contributed by atoms with Gasteiger partial charge in [-0.05, 0) is 31.0 Å². The summed E-state index contributed by atoms with van der Waals surface area (Å²) >= 11 is 5.92. The minimum absolute atomic E-state index is 0.268. The van der Waals surface area contributed by atoms with E-state index in [1.54, 1.807) is 12.1 Å². The van der Waals surface area contributed by atoms with E-state index in [1.165, 1.54) is 0 Å². The van der Waals surface area contributed by atoms with Crippen LogP contribution in [0, 0.1) is 6.92 Å². The molecule has 0 fully saturated rings. The van der Waals surface area contributed by atoms with Crippen LogP contribution in [-0.2, 0) is 14.3 Å². The molecule has 4 nitrogen and oxygen atoms in total. The molecule has 0 aromatic heterocycles. The lowest BCUT2D eigenvalue weighted by Gasteiger charge is -2.04. The molecule has 0 heterocycles. The molecule has 1 aromatic carbocycles. The Morgan fingerprint density at radius 2 is 1.86 bits per heavy atom. The Balaban J connectivity index is 2.37. The van der Waals surface area contributed by atoms with Crippen LogP contribution in [0.15, 0.2) is 30.4 Å². The topological polar surface area (TPSA) is 52.6 Å². The second-order valence-electron chi connectivity index (χ2n) is 4.92. The fourth-order valence-electron chi connectivity index (χ4n) is 1.72. The highest BCUT2D eigenvalue weighted by Gasteiger charge is 2.07. The SMILES string of the molecule is CCCCCCOC(=O)/C=C/C(=O)Oc1cc(C)ccc1Cl. The van der Waals surface area contributed by atoms with E-state index in [2.05, 4.69) is 6.92 Å². The standard InChI is InChI=1S/C17H21ClO4/c1-3-4-5-6-11-21-16(19)9-10-17(20)22-15-12-13(2)7-8-14(15)18/h7-10,12H,3-6,11H2,1-2H3/b10-9+. The Labute approximate surface area is 136 Å². The molecule has 0 saturated carbocycles. The van der Waals surface area contributed by atoms with Crippen molar-refractivity contribution >= 4 is 23.5 Å². The molecule has 0 bridgehead atoms. The van der Waals surface area contributed by atoms with Gasteiger partial charge < -0.3 is 9.47 Å². The average molecular weight is 325 g/mol. The number of unbranched alkanes of at least 4 members (excludes halogenated alkanes) is 3. The van der Waals surface area contributed by atoms with Crippen LogP contribution in [0.4, 0.5) is 0 Å². The van der Waals surface area contributed by atoms with E-state index in [0.29, 0.717) is 11.6 Å². The summed E-state index contributed by atoms with van der Waals surface area (Å²) in [5.74, 6) is -0.955. The number of benzene rings is 1. The van der Waals surface area contributed by atoms with Gasteiger partial charge in [0.25, 0.3) is 0 Å². The molecule has 0 amide bonds. The van der Waals surface area contributed by atoms with Gasteiger partial charge in [0.05, 0.1) is 11.6 Å². The van der Waals surface area contributed by atoms with Gasteiger partial charge >= 0.3 is 11.9 Å². The minimum atomic E-state index is -0.671. The van der Waals surface area contributed by atoms with Gasteiger partial charge in [0.2, 0.25) is 0 Å². The van der Waals surface area contributed by atoms with Crippen molar-refractivity contribution in [2.24, 2.45) is 0 Å². The van der Waals surface area contributed by atoms with Gasteiger partial charge in [-0.15, -0.1) is 0 Å².